The number of benzene rings is 2. The van der Waals surface area contributed by atoms with E-state index in [4.69, 9.17) is 5.73 Å². The van der Waals surface area contributed by atoms with Crippen molar-refractivity contribution in [2.24, 2.45) is 5.73 Å². The van der Waals surface area contributed by atoms with Crippen LogP contribution >= 0.6 is 0 Å². The number of nitrogens with two attached hydrogens (primary N) is 1. The van der Waals surface area contributed by atoms with Crippen LogP contribution in [0.15, 0.2) is 42.5 Å². The third kappa shape index (κ3) is 3.00. The van der Waals surface area contributed by atoms with Gasteiger partial charge < -0.3 is 11.1 Å². The maximum absolute atomic E-state index is 13.5. The molecular formula is C15H14F2N2O. The molecule has 0 atom stereocenters. The number of carbonyl (C=O) groups excluding carboxylic acids is 1. The second-order valence-electron chi connectivity index (χ2n) is 4.25. The van der Waals surface area contributed by atoms with E-state index < -0.39 is 23.1 Å². The highest BCUT2D eigenvalue weighted by Crippen LogP contribution is 2.13. The van der Waals surface area contributed by atoms with Gasteiger partial charge in [-0.1, -0.05) is 30.3 Å². The molecule has 1 amide bonds. The first-order valence-corrected chi connectivity index (χ1v) is 6.12. The quantitative estimate of drug-likeness (QED) is 0.900. The molecular weight excluding hydrogens is 262 g/mol. The highest BCUT2D eigenvalue weighted by Gasteiger charge is 2.16. The molecule has 0 saturated carbocycles. The van der Waals surface area contributed by atoms with Gasteiger partial charge in [-0.15, -0.1) is 0 Å². The molecule has 5 heteroatoms. The lowest BCUT2D eigenvalue weighted by Gasteiger charge is -2.10. The first-order chi connectivity index (χ1) is 9.63. The van der Waals surface area contributed by atoms with Crippen molar-refractivity contribution in [1.29, 1.82) is 0 Å². The normalized spacial score (nSPS) is 10.3. The summed E-state index contributed by atoms with van der Waals surface area (Å²) in [5, 5.41) is 2.50. The molecule has 0 aliphatic rings. The third-order valence-corrected chi connectivity index (χ3v) is 2.97. The second kappa shape index (κ2) is 6.25. The summed E-state index contributed by atoms with van der Waals surface area (Å²) in [5.74, 6) is -2.54. The molecule has 104 valence electrons. The molecule has 0 saturated heterocycles. The van der Waals surface area contributed by atoms with Crippen LogP contribution in [0.4, 0.5) is 8.78 Å². The predicted molar refractivity (Wildman–Crippen MR) is 71.9 cm³/mol. The van der Waals surface area contributed by atoms with Gasteiger partial charge in [-0.25, -0.2) is 8.78 Å². The minimum absolute atomic E-state index is 0.167. The lowest BCUT2D eigenvalue weighted by atomic mass is 10.1. The van der Waals surface area contributed by atoms with E-state index in [-0.39, 0.29) is 6.54 Å². The maximum atomic E-state index is 13.5. The van der Waals surface area contributed by atoms with Gasteiger partial charge in [0.25, 0.3) is 5.91 Å². The topological polar surface area (TPSA) is 55.1 Å². The molecule has 0 spiro atoms. The largest absolute Gasteiger partial charge is 0.348 e. The van der Waals surface area contributed by atoms with Gasteiger partial charge in [0, 0.05) is 13.1 Å². The Hall–Kier alpha value is -2.27. The Balaban J connectivity index is 2.13. The molecule has 0 radical (unpaired) electrons. The Kier molecular flexibility index (Phi) is 4.42. The van der Waals surface area contributed by atoms with Crippen LogP contribution in [0.1, 0.15) is 21.5 Å². The van der Waals surface area contributed by atoms with Crippen LogP contribution in [0.2, 0.25) is 0 Å². The number of halogens is 2. The average molecular weight is 276 g/mol. The van der Waals surface area contributed by atoms with E-state index in [1.807, 2.05) is 18.2 Å². The van der Waals surface area contributed by atoms with E-state index in [1.54, 1.807) is 6.07 Å². The van der Waals surface area contributed by atoms with Crippen LogP contribution < -0.4 is 11.1 Å². The minimum Gasteiger partial charge on any atom is -0.348 e. The highest BCUT2D eigenvalue weighted by molar-refractivity contribution is 5.94. The first-order valence-electron chi connectivity index (χ1n) is 6.12. The zero-order valence-electron chi connectivity index (χ0n) is 10.7. The van der Waals surface area contributed by atoms with Crippen LogP contribution in [0.25, 0.3) is 0 Å². The van der Waals surface area contributed by atoms with Crippen molar-refractivity contribution in [3.05, 3.63) is 70.8 Å². The lowest BCUT2D eigenvalue weighted by Crippen LogP contribution is -2.25. The van der Waals surface area contributed by atoms with Crippen LogP contribution in [0, 0.1) is 11.6 Å². The molecule has 0 unspecified atom stereocenters. The highest BCUT2D eigenvalue weighted by atomic mass is 19.1. The van der Waals surface area contributed by atoms with E-state index in [0.29, 0.717) is 6.54 Å². The van der Waals surface area contributed by atoms with Gasteiger partial charge in [0.2, 0.25) is 0 Å². The Labute approximate surface area is 115 Å². The molecule has 0 heterocycles. The maximum Gasteiger partial charge on any atom is 0.257 e. The van der Waals surface area contributed by atoms with Gasteiger partial charge in [-0.3, -0.25) is 4.79 Å². The molecule has 3 nitrogen and oxygen atoms in total. The Morgan fingerprint density at radius 1 is 1.00 bits per heavy atom. The predicted octanol–water partition coefficient (Wildman–Crippen LogP) is 2.35. The zero-order chi connectivity index (χ0) is 14.5. The summed E-state index contributed by atoms with van der Waals surface area (Å²) in [4.78, 5) is 11.8. The molecule has 20 heavy (non-hydrogen) atoms. The Morgan fingerprint density at radius 3 is 2.20 bits per heavy atom. The zero-order valence-corrected chi connectivity index (χ0v) is 10.7. The van der Waals surface area contributed by atoms with Crippen LogP contribution in [0.5, 0.6) is 0 Å². The van der Waals surface area contributed by atoms with Crippen molar-refractivity contribution < 1.29 is 13.6 Å². The molecule has 2 rings (SSSR count). The number of hydrogen-bond acceptors (Lipinski definition) is 2. The summed E-state index contributed by atoms with van der Waals surface area (Å²) in [5.41, 5.74) is 6.71. The van der Waals surface area contributed by atoms with Gasteiger partial charge in [0.15, 0.2) is 0 Å². The molecule has 0 aliphatic carbocycles. The summed E-state index contributed by atoms with van der Waals surface area (Å²) >= 11 is 0. The van der Waals surface area contributed by atoms with Gasteiger partial charge in [0.1, 0.15) is 17.2 Å². The number of rotatable bonds is 4. The summed E-state index contributed by atoms with van der Waals surface area (Å²) < 4.78 is 26.9. The lowest BCUT2D eigenvalue weighted by molar-refractivity contribution is 0.0942. The number of nitrogens with one attached hydrogen (secondary N) is 1. The molecule has 2 aromatic rings. The minimum atomic E-state index is -0.880. The SMILES string of the molecule is NCc1ccccc1CNC(=O)c1c(F)cccc1F. The standard InChI is InChI=1S/C15H14F2N2O/c16-12-6-3-7-13(17)14(12)15(20)19-9-11-5-2-1-4-10(11)8-18/h1-7H,8-9,18H2,(H,19,20). The molecule has 0 aliphatic heterocycles. The van der Waals surface area contributed by atoms with Crippen molar-refractivity contribution in [2.75, 3.05) is 0 Å². The Bertz CT molecular complexity index is 609. The fourth-order valence-electron chi connectivity index (χ4n) is 1.91. The smallest absolute Gasteiger partial charge is 0.257 e. The van der Waals surface area contributed by atoms with Crippen molar-refractivity contribution >= 4 is 5.91 Å². The van der Waals surface area contributed by atoms with Crippen LogP contribution in [0.3, 0.4) is 0 Å². The van der Waals surface area contributed by atoms with E-state index in [1.165, 1.54) is 6.07 Å². The van der Waals surface area contributed by atoms with E-state index in [9.17, 15) is 13.6 Å². The molecule has 0 fully saturated rings. The fourth-order valence-corrected chi connectivity index (χ4v) is 1.91. The van der Waals surface area contributed by atoms with Crippen molar-refractivity contribution in [3.63, 3.8) is 0 Å². The third-order valence-electron chi connectivity index (χ3n) is 2.97. The first kappa shape index (κ1) is 14.1. The summed E-state index contributed by atoms with van der Waals surface area (Å²) in [6, 6.07) is 10.6. The van der Waals surface area contributed by atoms with Gasteiger partial charge in [-0.2, -0.15) is 0 Å². The summed E-state index contributed by atoms with van der Waals surface area (Å²) in [7, 11) is 0. The van der Waals surface area contributed by atoms with Crippen LogP contribution in [-0.2, 0) is 13.1 Å². The summed E-state index contributed by atoms with van der Waals surface area (Å²) in [6.45, 7) is 0.500. The van der Waals surface area contributed by atoms with Crippen LogP contribution in [-0.4, -0.2) is 5.91 Å². The summed E-state index contributed by atoms with van der Waals surface area (Å²) in [6.07, 6.45) is 0. The molecule has 3 N–H and O–H groups in total. The van der Waals surface area contributed by atoms with Crippen molar-refractivity contribution in [2.45, 2.75) is 13.1 Å². The van der Waals surface area contributed by atoms with Gasteiger partial charge in [-0.05, 0) is 23.3 Å². The number of amides is 1. The van der Waals surface area contributed by atoms with Crippen molar-refractivity contribution in [1.82, 2.24) is 5.32 Å². The molecule has 2 aromatic carbocycles. The monoisotopic (exact) mass is 276 g/mol. The number of carbonyl (C=O) groups is 1. The van der Waals surface area contributed by atoms with E-state index in [0.717, 1.165) is 23.3 Å². The molecule has 0 bridgehead atoms. The molecule has 0 aromatic heterocycles. The second-order valence-corrected chi connectivity index (χ2v) is 4.25. The fraction of sp³-hybridized carbons (Fsp3) is 0.133. The van der Waals surface area contributed by atoms with E-state index in [2.05, 4.69) is 5.32 Å². The van der Waals surface area contributed by atoms with Gasteiger partial charge in [0.05, 0.1) is 0 Å². The van der Waals surface area contributed by atoms with E-state index >= 15 is 0 Å². The van der Waals surface area contributed by atoms with Gasteiger partial charge >= 0.3 is 0 Å². The van der Waals surface area contributed by atoms with Crippen molar-refractivity contribution in [3.8, 4) is 0 Å². The Morgan fingerprint density at radius 2 is 1.60 bits per heavy atom. The average Bonchev–Trinajstić information content (AvgIpc) is 2.45. The number of hydrogen-bond donors (Lipinski definition) is 2.